The first kappa shape index (κ1) is 19.8. The van der Waals surface area contributed by atoms with Gasteiger partial charge in [0.15, 0.2) is 0 Å². The lowest BCUT2D eigenvalue weighted by molar-refractivity contribution is 0.101. The topological polar surface area (TPSA) is 73.6 Å². The zero-order chi connectivity index (χ0) is 19.5. The average molecular weight is 360 g/mol. The Morgan fingerprint density at radius 1 is 1.15 bits per heavy atom. The molecular formula is C20H28N2O4. The van der Waals surface area contributed by atoms with Crippen molar-refractivity contribution < 1.29 is 18.8 Å². The minimum absolute atomic E-state index is 0.0248. The lowest BCUT2D eigenvalue weighted by atomic mass is 9.65. The molecule has 6 heteroatoms. The monoisotopic (exact) mass is 360 g/mol. The van der Waals surface area contributed by atoms with E-state index >= 15 is 0 Å². The van der Waals surface area contributed by atoms with Crippen LogP contribution in [0.3, 0.4) is 0 Å². The first-order valence-electron chi connectivity index (χ1n) is 8.67. The molecule has 2 rings (SSSR count). The van der Waals surface area contributed by atoms with Crippen molar-refractivity contribution >= 4 is 11.8 Å². The van der Waals surface area contributed by atoms with Crippen LogP contribution in [0.15, 0.2) is 28.8 Å². The number of amides is 1. The summed E-state index contributed by atoms with van der Waals surface area (Å²) in [5, 5.41) is 6.92. The molecule has 0 saturated carbocycles. The van der Waals surface area contributed by atoms with Gasteiger partial charge in [-0.1, -0.05) is 52.3 Å². The standard InChI is InChI=1S/C20H28N2O4/c1-8-19(2,3)20(4,5)15-12-16(26-22-15)21-18(23)17-13(24-6)10-9-11-14(17)25-7/h9-12H,8H2,1-7H3,(H,21,23). The molecule has 0 spiro atoms. The molecule has 0 unspecified atom stereocenters. The number of methoxy groups -OCH3 is 2. The number of nitrogens with zero attached hydrogens (tertiary/aromatic N) is 1. The Labute approximate surface area is 154 Å². The van der Waals surface area contributed by atoms with Crippen LogP contribution in [0, 0.1) is 5.41 Å². The largest absolute Gasteiger partial charge is 0.496 e. The molecule has 1 heterocycles. The molecule has 26 heavy (non-hydrogen) atoms. The molecule has 1 aromatic heterocycles. The van der Waals surface area contributed by atoms with Crippen LogP contribution in [0.25, 0.3) is 0 Å². The average Bonchev–Trinajstić information content (AvgIpc) is 3.09. The maximum absolute atomic E-state index is 12.7. The Balaban J connectivity index is 2.29. The van der Waals surface area contributed by atoms with Crippen LogP contribution in [-0.4, -0.2) is 25.3 Å². The molecular weight excluding hydrogens is 332 g/mol. The van der Waals surface area contributed by atoms with E-state index in [0.717, 1.165) is 12.1 Å². The highest BCUT2D eigenvalue weighted by molar-refractivity contribution is 6.07. The van der Waals surface area contributed by atoms with Crippen LogP contribution in [0.2, 0.25) is 0 Å². The van der Waals surface area contributed by atoms with Gasteiger partial charge in [0, 0.05) is 11.5 Å². The van der Waals surface area contributed by atoms with E-state index in [4.69, 9.17) is 14.0 Å². The number of carbonyl (C=O) groups is 1. The van der Waals surface area contributed by atoms with E-state index < -0.39 is 0 Å². The summed E-state index contributed by atoms with van der Waals surface area (Å²) in [5.74, 6) is 0.760. The number of rotatable bonds is 7. The summed E-state index contributed by atoms with van der Waals surface area (Å²) in [7, 11) is 3.01. The summed E-state index contributed by atoms with van der Waals surface area (Å²) in [6, 6.07) is 6.94. The minimum atomic E-state index is -0.380. The quantitative estimate of drug-likeness (QED) is 0.777. The lowest BCUT2D eigenvalue weighted by Crippen LogP contribution is -2.36. The maximum Gasteiger partial charge on any atom is 0.265 e. The SMILES string of the molecule is CCC(C)(C)C(C)(C)c1cc(NC(=O)c2c(OC)cccc2OC)on1. The van der Waals surface area contributed by atoms with Crippen molar-refractivity contribution in [1.82, 2.24) is 5.16 Å². The summed E-state index contributed by atoms with van der Waals surface area (Å²) in [4.78, 5) is 12.7. The molecule has 0 bridgehead atoms. The second kappa shape index (κ2) is 7.40. The van der Waals surface area contributed by atoms with Crippen molar-refractivity contribution in [3.8, 4) is 11.5 Å². The van der Waals surface area contributed by atoms with E-state index in [1.807, 2.05) is 0 Å². The van der Waals surface area contributed by atoms with Crippen LogP contribution in [0.1, 0.15) is 57.1 Å². The summed E-state index contributed by atoms with van der Waals surface area (Å²) >= 11 is 0. The molecule has 0 saturated heterocycles. The van der Waals surface area contributed by atoms with Crippen molar-refractivity contribution in [2.24, 2.45) is 5.41 Å². The Kier molecular flexibility index (Phi) is 5.64. The molecule has 142 valence electrons. The number of nitrogens with one attached hydrogen (secondary N) is 1. The number of carbonyl (C=O) groups excluding carboxylic acids is 1. The second-order valence-corrected chi connectivity index (χ2v) is 7.43. The van der Waals surface area contributed by atoms with Crippen molar-refractivity contribution in [2.45, 2.75) is 46.5 Å². The zero-order valence-electron chi connectivity index (χ0n) is 16.6. The van der Waals surface area contributed by atoms with Gasteiger partial charge in [0.05, 0.1) is 19.9 Å². The minimum Gasteiger partial charge on any atom is -0.496 e. The molecule has 2 aromatic rings. The Morgan fingerprint density at radius 3 is 2.23 bits per heavy atom. The molecule has 1 amide bonds. The third-order valence-electron chi connectivity index (χ3n) is 5.62. The van der Waals surface area contributed by atoms with Crippen LogP contribution in [0.4, 0.5) is 5.88 Å². The second-order valence-electron chi connectivity index (χ2n) is 7.43. The van der Waals surface area contributed by atoms with Gasteiger partial charge in [-0.15, -0.1) is 0 Å². The van der Waals surface area contributed by atoms with Gasteiger partial charge in [-0.05, 0) is 17.5 Å². The first-order valence-corrected chi connectivity index (χ1v) is 8.67. The van der Waals surface area contributed by atoms with Gasteiger partial charge in [-0.3, -0.25) is 10.1 Å². The van der Waals surface area contributed by atoms with Crippen LogP contribution in [-0.2, 0) is 5.41 Å². The Bertz CT molecular complexity index is 756. The lowest BCUT2D eigenvalue weighted by Gasteiger charge is -2.39. The summed E-state index contributed by atoms with van der Waals surface area (Å²) in [6.45, 7) is 10.8. The highest BCUT2D eigenvalue weighted by atomic mass is 16.5. The van der Waals surface area contributed by atoms with Gasteiger partial charge < -0.3 is 14.0 Å². The summed E-state index contributed by atoms with van der Waals surface area (Å²) in [5.41, 5.74) is 0.920. The molecule has 0 atom stereocenters. The fourth-order valence-corrected chi connectivity index (χ4v) is 2.67. The van der Waals surface area contributed by atoms with E-state index in [2.05, 4.69) is 45.1 Å². The number of benzene rings is 1. The van der Waals surface area contributed by atoms with E-state index in [1.54, 1.807) is 24.3 Å². The zero-order valence-corrected chi connectivity index (χ0v) is 16.6. The highest BCUT2D eigenvalue weighted by Gasteiger charge is 2.39. The summed E-state index contributed by atoms with van der Waals surface area (Å²) in [6.07, 6.45) is 0.993. The number of ether oxygens (including phenoxy) is 2. The molecule has 6 nitrogen and oxygen atoms in total. The van der Waals surface area contributed by atoms with Crippen molar-refractivity contribution in [1.29, 1.82) is 0 Å². The van der Waals surface area contributed by atoms with Crippen LogP contribution in [0.5, 0.6) is 11.5 Å². The molecule has 0 aliphatic carbocycles. The first-order chi connectivity index (χ1) is 12.2. The number of hydrogen-bond donors (Lipinski definition) is 1. The predicted molar refractivity (Wildman–Crippen MR) is 101 cm³/mol. The van der Waals surface area contributed by atoms with E-state index in [1.165, 1.54) is 14.2 Å². The van der Waals surface area contributed by atoms with Gasteiger partial charge in [-0.2, -0.15) is 0 Å². The fraction of sp³-hybridized carbons (Fsp3) is 0.500. The fourth-order valence-electron chi connectivity index (χ4n) is 2.67. The van der Waals surface area contributed by atoms with Gasteiger partial charge in [0.25, 0.3) is 5.91 Å². The Hall–Kier alpha value is -2.50. The summed E-state index contributed by atoms with van der Waals surface area (Å²) < 4.78 is 15.9. The normalized spacial score (nSPS) is 12.0. The van der Waals surface area contributed by atoms with Gasteiger partial charge >= 0.3 is 0 Å². The van der Waals surface area contributed by atoms with Gasteiger partial charge in [0.1, 0.15) is 17.1 Å². The van der Waals surface area contributed by atoms with Crippen LogP contribution < -0.4 is 14.8 Å². The van der Waals surface area contributed by atoms with Crippen molar-refractivity contribution in [3.63, 3.8) is 0 Å². The molecule has 0 aliphatic rings. The molecule has 1 N–H and O–H groups in total. The van der Waals surface area contributed by atoms with Gasteiger partial charge in [-0.25, -0.2) is 0 Å². The van der Waals surface area contributed by atoms with Gasteiger partial charge in [0.2, 0.25) is 5.88 Å². The highest BCUT2D eigenvalue weighted by Crippen LogP contribution is 2.43. The maximum atomic E-state index is 12.7. The smallest absolute Gasteiger partial charge is 0.265 e. The molecule has 1 aromatic carbocycles. The third kappa shape index (κ3) is 3.54. The third-order valence-corrected chi connectivity index (χ3v) is 5.62. The number of aromatic nitrogens is 1. The van der Waals surface area contributed by atoms with E-state index in [9.17, 15) is 4.79 Å². The van der Waals surface area contributed by atoms with E-state index in [0.29, 0.717) is 17.1 Å². The predicted octanol–water partition coefficient (Wildman–Crippen LogP) is 4.66. The number of hydrogen-bond acceptors (Lipinski definition) is 5. The van der Waals surface area contributed by atoms with E-state index in [-0.39, 0.29) is 22.6 Å². The Morgan fingerprint density at radius 2 is 1.73 bits per heavy atom. The number of anilines is 1. The molecule has 0 fully saturated rings. The molecule has 0 radical (unpaired) electrons. The van der Waals surface area contributed by atoms with Crippen molar-refractivity contribution in [2.75, 3.05) is 19.5 Å². The van der Waals surface area contributed by atoms with Crippen molar-refractivity contribution in [3.05, 3.63) is 35.5 Å². The molecule has 0 aliphatic heterocycles. The van der Waals surface area contributed by atoms with Crippen LogP contribution >= 0.6 is 0 Å².